The number of fused-ring (bicyclic) bond motifs is 2. The number of nitrogens with one attached hydrogen (secondary N) is 1. The second-order valence-electron chi connectivity index (χ2n) is 11.4. The van der Waals surface area contributed by atoms with E-state index in [1.165, 1.54) is 16.0 Å². The normalized spacial score (nSPS) is 20.9. The number of anilines is 1. The van der Waals surface area contributed by atoms with Gasteiger partial charge in [-0.15, -0.1) is 11.3 Å². The Morgan fingerprint density at radius 2 is 2.00 bits per heavy atom. The zero-order chi connectivity index (χ0) is 31.2. The van der Waals surface area contributed by atoms with Gasteiger partial charge in [0.2, 0.25) is 0 Å². The maximum absolute atomic E-state index is 15.0. The molecule has 0 saturated carbocycles. The summed E-state index contributed by atoms with van der Waals surface area (Å²) in [6, 6.07) is 8.35. The molecule has 1 fully saturated rings. The van der Waals surface area contributed by atoms with Gasteiger partial charge < -0.3 is 9.67 Å². The summed E-state index contributed by atoms with van der Waals surface area (Å²) in [5, 5.41) is 20.2. The smallest absolute Gasteiger partial charge is 0.257 e. The molecule has 234 valence electrons. The van der Waals surface area contributed by atoms with Gasteiger partial charge in [-0.1, -0.05) is 47.5 Å². The largest absolute Gasteiger partial charge is 0.395 e. The molecule has 45 heavy (non-hydrogen) atoms. The Balaban J connectivity index is 1.22. The monoisotopic (exact) mass is 671 g/mol. The number of rotatable bonds is 8. The second kappa shape index (κ2) is 12.4. The number of alkyl halides is 2. The molecule has 7 rings (SSSR count). The molecule has 5 aromatic rings. The third kappa shape index (κ3) is 5.74. The minimum absolute atomic E-state index is 0.0173. The number of halogens is 4. The molecule has 2 N–H and O–H groups in total. The van der Waals surface area contributed by atoms with Gasteiger partial charge in [0, 0.05) is 59.8 Å². The number of benzene rings is 2. The molecule has 1 amide bonds. The molecule has 0 aliphatic carbocycles. The summed E-state index contributed by atoms with van der Waals surface area (Å²) in [6.07, 6.45) is 3.51. The number of piperidine rings is 1. The molecule has 5 heterocycles. The number of β-amino-alcohol motifs (C(OH)–C–C–N with tert-alkyl or cyclic N) is 1. The third-order valence-corrected chi connectivity index (χ3v) is 10.0. The van der Waals surface area contributed by atoms with E-state index in [0.717, 1.165) is 17.7 Å². The van der Waals surface area contributed by atoms with Crippen molar-refractivity contribution < 1.29 is 18.7 Å². The van der Waals surface area contributed by atoms with Crippen LogP contribution in [0.5, 0.6) is 0 Å². The lowest BCUT2D eigenvalue weighted by Crippen LogP contribution is -2.42. The van der Waals surface area contributed by atoms with E-state index in [1.54, 1.807) is 34.7 Å². The number of hydrogen-bond acceptors (Lipinski definition) is 7. The Kier molecular flexibility index (Phi) is 8.34. The minimum atomic E-state index is -1.06. The van der Waals surface area contributed by atoms with Crippen molar-refractivity contribution in [1.29, 1.82) is 0 Å². The van der Waals surface area contributed by atoms with Gasteiger partial charge in [-0.25, -0.2) is 18.7 Å². The van der Waals surface area contributed by atoms with Gasteiger partial charge in [-0.2, -0.15) is 5.10 Å². The van der Waals surface area contributed by atoms with Crippen molar-refractivity contribution in [3.05, 3.63) is 81.4 Å². The summed E-state index contributed by atoms with van der Waals surface area (Å²) in [4.78, 5) is 24.3. The van der Waals surface area contributed by atoms with Gasteiger partial charge in [0.25, 0.3) is 5.91 Å². The van der Waals surface area contributed by atoms with Crippen molar-refractivity contribution in [3.8, 4) is 11.1 Å². The maximum atomic E-state index is 15.0. The Morgan fingerprint density at radius 3 is 2.73 bits per heavy atom. The highest BCUT2D eigenvalue weighted by atomic mass is 35.5. The summed E-state index contributed by atoms with van der Waals surface area (Å²) in [5.74, 6) is -0.659. The first-order valence-electron chi connectivity index (χ1n) is 14.6. The van der Waals surface area contributed by atoms with Gasteiger partial charge in [0.1, 0.15) is 17.9 Å². The Morgan fingerprint density at radius 1 is 1.18 bits per heavy atom. The van der Waals surface area contributed by atoms with Gasteiger partial charge in [-0.3, -0.25) is 19.7 Å². The first-order chi connectivity index (χ1) is 21.8. The topological polar surface area (TPSA) is 101 Å². The van der Waals surface area contributed by atoms with E-state index in [1.807, 2.05) is 29.2 Å². The Hall–Kier alpha value is -3.42. The van der Waals surface area contributed by atoms with Crippen LogP contribution in [-0.4, -0.2) is 78.8 Å². The van der Waals surface area contributed by atoms with Crippen molar-refractivity contribution >= 4 is 56.5 Å². The van der Waals surface area contributed by atoms with Crippen LogP contribution in [-0.2, 0) is 17.8 Å². The number of aliphatic hydroxyl groups is 1. The SMILES string of the molecule is O=C(Nc1nccs1)C(c1ncn2c1CC(F)C2)n1cc2c(Cl)cc(-c3ccc([C@H]4CCN(CCO)C[C@@H]4F)cc3)c(Cl)c2n1. The summed E-state index contributed by atoms with van der Waals surface area (Å²) < 4.78 is 32.5. The molecule has 2 unspecified atom stereocenters. The zero-order valence-corrected chi connectivity index (χ0v) is 26.2. The van der Waals surface area contributed by atoms with Gasteiger partial charge in [0.15, 0.2) is 11.2 Å². The van der Waals surface area contributed by atoms with Gasteiger partial charge in [-0.05, 0) is 30.2 Å². The van der Waals surface area contributed by atoms with E-state index < -0.39 is 24.3 Å². The van der Waals surface area contributed by atoms with E-state index in [2.05, 4.69) is 15.3 Å². The number of amides is 1. The van der Waals surface area contributed by atoms with E-state index >= 15 is 4.39 Å². The maximum Gasteiger partial charge on any atom is 0.257 e. The number of imidazole rings is 1. The average molecular weight is 673 g/mol. The number of carbonyl (C=O) groups excluding carboxylic acids is 1. The average Bonchev–Trinajstić information content (AvgIpc) is 3.82. The molecule has 2 aromatic carbocycles. The van der Waals surface area contributed by atoms with Crippen molar-refractivity contribution in [2.75, 3.05) is 31.6 Å². The molecule has 1 saturated heterocycles. The summed E-state index contributed by atoms with van der Waals surface area (Å²) in [6.45, 7) is 1.70. The van der Waals surface area contributed by atoms with Crippen molar-refractivity contribution in [3.63, 3.8) is 0 Å². The highest BCUT2D eigenvalue weighted by molar-refractivity contribution is 7.13. The van der Waals surface area contributed by atoms with E-state index in [4.69, 9.17) is 28.3 Å². The summed E-state index contributed by atoms with van der Waals surface area (Å²) in [7, 11) is 0. The van der Waals surface area contributed by atoms with Crippen LogP contribution in [0.15, 0.2) is 54.4 Å². The number of hydrogen-bond donors (Lipinski definition) is 2. The molecule has 0 spiro atoms. The van der Waals surface area contributed by atoms with Crippen molar-refractivity contribution in [1.82, 2.24) is 29.2 Å². The molecule has 0 radical (unpaired) electrons. The lowest BCUT2D eigenvalue weighted by Gasteiger charge is -2.34. The summed E-state index contributed by atoms with van der Waals surface area (Å²) in [5.41, 5.74) is 3.76. The van der Waals surface area contributed by atoms with Crippen LogP contribution in [0.3, 0.4) is 0 Å². The van der Waals surface area contributed by atoms with Crippen LogP contribution in [0.1, 0.15) is 35.3 Å². The van der Waals surface area contributed by atoms with Crippen LogP contribution in [0.2, 0.25) is 10.0 Å². The van der Waals surface area contributed by atoms with Gasteiger partial charge >= 0.3 is 0 Å². The first kappa shape index (κ1) is 30.2. The third-order valence-electron chi connectivity index (χ3n) is 8.62. The minimum Gasteiger partial charge on any atom is -0.395 e. The molecule has 14 heteroatoms. The first-order valence-corrected chi connectivity index (χ1v) is 16.3. The van der Waals surface area contributed by atoms with Crippen molar-refractivity contribution in [2.24, 2.45) is 0 Å². The van der Waals surface area contributed by atoms with E-state index in [-0.39, 0.29) is 25.5 Å². The van der Waals surface area contributed by atoms with Crippen LogP contribution >= 0.6 is 34.5 Å². The molecule has 9 nitrogen and oxygen atoms in total. The predicted octanol–water partition coefficient (Wildman–Crippen LogP) is 5.91. The van der Waals surface area contributed by atoms with E-state index in [0.29, 0.717) is 62.5 Å². The number of aliphatic hydroxyl groups excluding tert-OH is 1. The number of likely N-dealkylation sites (tertiary alicyclic amines) is 1. The number of aromatic nitrogens is 5. The van der Waals surface area contributed by atoms with E-state index in [9.17, 15) is 14.3 Å². The fourth-order valence-electron chi connectivity index (χ4n) is 6.41. The lowest BCUT2D eigenvalue weighted by molar-refractivity contribution is -0.118. The molecule has 2 aliphatic heterocycles. The highest BCUT2D eigenvalue weighted by Gasteiger charge is 2.35. The standard InChI is InChI=1S/C31H29Cl2F2N7O2S/c32-23-12-21(18-3-1-17(2-4-18)20-5-7-40(8-9-43)15-24(20)35)26(33)27-22(23)14-42(39-27)29(30(44)38-31-36-6-10-45-31)28-25-11-19(34)13-41(25)16-37-28/h1-4,6,10,12,14,16,19-20,24,29,43H,5,7-9,11,13,15H2,(H,36,38,44)/t19?,20-,24+,29?/m1/s1. The quantitative estimate of drug-likeness (QED) is 0.213. The molecule has 2 aliphatic rings. The molecular formula is C31H29Cl2F2N7O2S. The molecular weight excluding hydrogens is 643 g/mol. The molecule has 4 atom stereocenters. The highest BCUT2D eigenvalue weighted by Crippen LogP contribution is 2.40. The lowest BCUT2D eigenvalue weighted by atomic mass is 9.87. The Labute approximate surface area is 271 Å². The van der Waals surface area contributed by atoms with Crippen LogP contribution in [0, 0.1) is 0 Å². The number of thiazole rings is 1. The fraction of sp³-hybridized carbons (Fsp3) is 0.355. The molecule has 0 bridgehead atoms. The zero-order valence-electron chi connectivity index (χ0n) is 23.9. The predicted molar refractivity (Wildman–Crippen MR) is 171 cm³/mol. The van der Waals surface area contributed by atoms with Crippen molar-refractivity contribution in [2.45, 2.75) is 43.7 Å². The summed E-state index contributed by atoms with van der Waals surface area (Å²) >= 11 is 15.0. The second-order valence-corrected chi connectivity index (χ2v) is 13.1. The van der Waals surface area contributed by atoms with Crippen LogP contribution in [0.4, 0.5) is 13.9 Å². The van der Waals surface area contributed by atoms with Crippen LogP contribution < -0.4 is 5.32 Å². The van der Waals surface area contributed by atoms with Crippen LogP contribution in [0.25, 0.3) is 22.0 Å². The Bertz CT molecular complexity index is 1850. The number of carbonyl (C=O) groups is 1. The molecule has 3 aromatic heterocycles. The fourth-order valence-corrected chi connectivity index (χ4v) is 7.49. The number of nitrogens with zero attached hydrogens (tertiary/aromatic N) is 6. The van der Waals surface area contributed by atoms with Gasteiger partial charge in [0.05, 0.1) is 35.2 Å².